The van der Waals surface area contributed by atoms with Gasteiger partial charge in [0.1, 0.15) is 5.75 Å². The number of nitrogens with zero attached hydrogens (tertiary/aromatic N) is 3. The molecule has 5 heteroatoms. The third-order valence-electron chi connectivity index (χ3n) is 2.70. The quantitative estimate of drug-likeness (QED) is 0.739. The van der Waals surface area contributed by atoms with E-state index in [4.69, 9.17) is 4.74 Å². The number of hydrogen-bond acceptors (Lipinski definition) is 4. The second-order valence-electron chi connectivity index (χ2n) is 4.67. The van der Waals surface area contributed by atoms with Crippen molar-refractivity contribution in [1.82, 2.24) is 8.77 Å². The highest BCUT2D eigenvalue weighted by Gasteiger charge is 1.99. The van der Waals surface area contributed by atoms with Gasteiger partial charge in [-0.2, -0.15) is 4.37 Å². The van der Waals surface area contributed by atoms with Crippen molar-refractivity contribution in [3.63, 3.8) is 0 Å². The van der Waals surface area contributed by atoms with Gasteiger partial charge in [-0.3, -0.25) is 4.40 Å². The smallest absolute Gasteiger partial charge is 0.213 e. The molecule has 0 saturated heterocycles. The summed E-state index contributed by atoms with van der Waals surface area (Å²) in [5.41, 5.74) is 1.80. The van der Waals surface area contributed by atoms with Crippen molar-refractivity contribution in [3.05, 3.63) is 53.5 Å². The van der Waals surface area contributed by atoms with Gasteiger partial charge in [-0.15, -0.1) is 0 Å². The zero-order valence-corrected chi connectivity index (χ0v) is 12.2. The lowest BCUT2D eigenvalue weighted by atomic mass is 10.3. The highest BCUT2D eigenvalue weighted by molar-refractivity contribution is 7.03. The van der Waals surface area contributed by atoms with Gasteiger partial charge < -0.3 is 4.74 Å². The van der Waals surface area contributed by atoms with Crippen LogP contribution in [-0.2, 0) is 0 Å². The SMILES string of the molecule is CC(C)Oc1ccc(N=c2snc3ccccn23)cc1. The Balaban J connectivity index is 1.95. The Labute approximate surface area is 121 Å². The molecule has 0 atom stereocenters. The van der Waals surface area contributed by atoms with Gasteiger partial charge >= 0.3 is 0 Å². The second-order valence-corrected chi connectivity index (χ2v) is 5.40. The molecule has 0 bridgehead atoms. The molecule has 2 heterocycles. The minimum Gasteiger partial charge on any atom is -0.491 e. The summed E-state index contributed by atoms with van der Waals surface area (Å²) in [5.74, 6) is 0.862. The fourth-order valence-electron chi connectivity index (χ4n) is 1.86. The van der Waals surface area contributed by atoms with Gasteiger partial charge in [0.05, 0.1) is 11.8 Å². The summed E-state index contributed by atoms with van der Waals surface area (Å²) < 4.78 is 12.0. The summed E-state index contributed by atoms with van der Waals surface area (Å²) in [6.07, 6.45) is 2.15. The van der Waals surface area contributed by atoms with Crippen LogP contribution in [0.25, 0.3) is 5.65 Å². The first kappa shape index (κ1) is 12.9. The maximum atomic E-state index is 5.62. The highest BCUT2D eigenvalue weighted by Crippen LogP contribution is 2.18. The molecule has 4 nitrogen and oxygen atoms in total. The average molecular weight is 285 g/mol. The van der Waals surface area contributed by atoms with E-state index in [1.54, 1.807) is 0 Å². The van der Waals surface area contributed by atoms with E-state index >= 15 is 0 Å². The minimum atomic E-state index is 0.179. The van der Waals surface area contributed by atoms with Crippen molar-refractivity contribution < 1.29 is 4.74 Å². The molecule has 0 fully saturated rings. The topological polar surface area (TPSA) is 38.9 Å². The second kappa shape index (κ2) is 5.46. The standard InChI is InChI=1S/C15H15N3OS/c1-11(2)19-13-8-6-12(7-9-13)16-15-18-10-4-3-5-14(18)17-20-15/h3-11H,1-2H3. The number of hydrogen-bond donors (Lipinski definition) is 0. The molecule has 0 spiro atoms. The van der Waals surface area contributed by atoms with Gasteiger partial charge in [0, 0.05) is 17.7 Å². The van der Waals surface area contributed by atoms with Crippen LogP contribution >= 0.6 is 11.5 Å². The summed E-state index contributed by atoms with van der Waals surface area (Å²) >= 11 is 1.39. The normalized spacial score (nSPS) is 12.2. The Morgan fingerprint density at radius 2 is 1.95 bits per heavy atom. The molecule has 0 aliphatic rings. The molecule has 0 unspecified atom stereocenters. The molecular weight excluding hydrogens is 270 g/mol. The van der Waals surface area contributed by atoms with E-state index in [9.17, 15) is 0 Å². The van der Waals surface area contributed by atoms with Crippen molar-refractivity contribution in [2.75, 3.05) is 0 Å². The number of aromatic nitrogens is 2. The molecule has 20 heavy (non-hydrogen) atoms. The van der Waals surface area contributed by atoms with Crippen molar-refractivity contribution >= 4 is 22.9 Å². The summed E-state index contributed by atoms with van der Waals surface area (Å²) in [6.45, 7) is 4.02. The van der Waals surface area contributed by atoms with Gasteiger partial charge in [0.15, 0.2) is 5.65 Å². The molecular formula is C15H15N3OS. The van der Waals surface area contributed by atoms with Crippen LogP contribution in [0.4, 0.5) is 5.69 Å². The Morgan fingerprint density at radius 3 is 2.70 bits per heavy atom. The summed E-state index contributed by atoms with van der Waals surface area (Å²) in [6, 6.07) is 13.7. The van der Waals surface area contributed by atoms with Crippen molar-refractivity contribution in [2.45, 2.75) is 20.0 Å². The Bertz CT molecular complexity index is 771. The molecule has 3 rings (SSSR count). The highest BCUT2D eigenvalue weighted by atomic mass is 32.1. The first-order valence-electron chi connectivity index (χ1n) is 6.47. The number of ether oxygens (including phenoxy) is 1. The lowest BCUT2D eigenvalue weighted by Crippen LogP contribution is -2.05. The van der Waals surface area contributed by atoms with E-state index in [0.29, 0.717) is 0 Å². The summed E-state index contributed by atoms with van der Waals surface area (Å²) in [4.78, 5) is 5.47. The minimum absolute atomic E-state index is 0.179. The molecule has 0 amide bonds. The van der Waals surface area contributed by atoms with Crippen LogP contribution in [0, 0.1) is 0 Å². The Hall–Kier alpha value is -2.14. The number of pyridine rings is 1. The average Bonchev–Trinajstić information content (AvgIpc) is 2.84. The fourth-order valence-corrected chi connectivity index (χ4v) is 2.57. The van der Waals surface area contributed by atoms with Crippen molar-refractivity contribution in [3.8, 4) is 5.75 Å². The first-order valence-corrected chi connectivity index (χ1v) is 7.24. The fraction of sp³-hybridized carbons (Fsp3) is 0.200. The third kappa shape index (κ3) is 2.72. The van der Waals surface area contributed by atoms with Crippen LogP contribution in [0.3, 0.4) is 0 Å². The first-order chi connectivity index (χ1) is 9.72. The molecule has 0 N–H and O–H groups in total. The number of rotatable bonds is 3. The van der Waals surface area contributed by atoms with Crippen LogP contribution in [0.2, 0.25) is 0 Å². The lowest BCUT2D eigenvalue weighted by Gasteiger charge is -2.08. The number of fused-ring (bicyclic) bond motifs is 1. The summed E-state index contributed by atoms with van der Waals surface area (Å²) in [7, 11) is 0. The van der Waals surface area contributed by atoms with Gasteiger partial charge in [0.25, 0.3) is 0 Å². The van der Waals surface area contributed by atoms with Gasteiger partial charge in [-0.1, -0.05) is 6.07 Å². The third-order valence-corrected chi connectivity index (χ3v) is 3.43. The maximum Gasteiger partial charge on any atom is 0.213 e. The van der Waals surface area contributed by atoms with Gasteiger partial charge in [-0.25, -0.2) is 4.99 Å². The van der Waals surface area contributed by atoms with E-state index in [0.717, 1.165) is 21.9 Å². The number of benzene rings is 1. The van der Waals surface area contributed by atoms with Gasteiger partial charge in [0.2, 0.25) is 4.80 Å². The van der Waals surface area contributed by atoms with Gasteiger partial charge in [-0.05, 0) is 50.2 Å². The van der Waals surface area contributed by atoms with E-state index in [1.807, 2.05) is 66.9 Å². The van der Waals surface area contributed by atoms with Crippen molar-refractivity contribution in [1.29, 1.82) is 0 Å². The predicted octanol–water partition coefficient (Wildman–Crippen LogP) is 3.42. The lowest BCUT2D eigenvalue weighted by molar-refractivity contribution is 0.242. The molecule has 0 radical (unpaired) electrons. The Morgan fingerprint density at radius 1 is 1.15 bits per heavy atom. The van der Waals surface area contributed by atoms with Crippen molar-refractivity contribution in [2.24, 2.45) is 4.99 Å². The molecule has 0 aliphatic heterocycles. The largest absolute Gasteiger partial charge is 0.491 e. The monoisotopic (exact) mass is 285 g/mol. The molecule has 0 aliphatic carbocycles. The predicted molar refractivity (Wildman–Crippen MR) is 80.5 cm³/mol. The zero-order valence-electron chi connectivity index (χ0n) is 11.4. The molecule has 102 valence electrons. The molecule has 2 aromatic heterocycles. The van der Waals surface area contributed by atoms with Crippen LogP contribution in [0.5, 0.6) is 5.75 Å². The van der Waals surface area contributed by atoms with Crippen LogP contribution in [0.15, 0.2) is 53.7 Å². The van der Waals surface area contributed by atoms with E-state index in [1.165, 1.54) is 11.5 Å². The zero-order chi connectivity index (χ0) is 13.9. The van der Waals surface area contributed by atoms with E-state index in [-0.39, 0.29) is 6.10 Å². The van der Waals surface area contributed by atoms with E-state index < -0.39 is 0 Å². The Kier molecular flexibility index (Phi) is 3.52. The molecule has 0 saturated carbocycles. The van der Waals surface area contributed by atoms with E-state index in [2.05, 4.69) is 9.37 Å². The molecule has 1 aromatic carbocycles. The van der Waals surface area contributed by atoms with Crippen LogP contribution in [-0.4, -0.2) is 14.9 Å². The summed E-state index contributed by atoms with van der Waals surface area (Å²) in [5, 5.41) is 0. The van der Waals surface area contributed by atoms with Crippen LogP contribution < -0.4 is 9.54 Å². The van der Waals surface area contributed by atoms with Crippen LogP contribution in [0.1, 0.15) is 13.8 Å². The maximum absolute atomic E-state index is 5.62. The molecule has 3 aromatic rings.